The van der Waals surface area contributed by atoms with Gasteiger partial charge in [-0.15, -0.1) is 0 Å². The van der Waals surface area contributed by atoms with Crippen molar-refractivity contribution in [2.75, 3.05) is 13.7 Å². The van der Waals surface area contributed by atoms with Crippen LogP contribution in [0.2, 0.25) is 0 Å². The van der Waals surface area contributed by atoms with Gasteiger partial charge in [0.15, 0.2) is 11.6 Å². The van der Waals surface area contributed by atoms with Crippen LogP contribution in [0.4, 0.5) is 13.2 Å². The normalized spacial score (nSPS) is 24.5. The Hall–Kier alpha value is -2.17. The van der Waals surface area contributed by atoms with Crippen molar-refractivity contribution in [3.05, 3.63) is 58.9 Å². The van der Waals surface area contributed by atoms with Gasteiger partial charge in [-0.05, 0) is 98.3 Å². The first-order chi connectivity index (χ1) is 17.5. The van der Waals surface area contributed by atoms with Gasteiger partial charge in [-0.25, -0.2) is 8.78 Å². The fourth-order valence-corrected chi connectivity index (χ4v) is 6.23. The molecule has 0 spiro atoms. The second-order valence-electron chi connectivity index (χ2n) is 10.9. The van der Waals surface area contributed by atoms with E-state index in [0.717, 1.165) is 62.8 Å². The first-order valence-corrected chi connectivity index (χ1v) is 13.9. The topological polar surface area (TPSA) is 18.5 Å². The number of methoxy groups -OCH3 is 1. The van der Waals surface area contributed by atoms with Crippen molar-refractivity contribution < 1.29 is 22.6 Å². The van der Waals surface area contributed by atoms with E-state index in [0.29, 0.717) is 17.9 Å². The van der Waals surface area contributed by atoms with Gasteiger partial charge >= 0.3 is 0 Å². The molecule has 0 unspecified atom stereocenters. The van der Waals surface area contributed by atoms with Gasteiger partial charge in [-0.1, -0.05) is 44.7 Å². The molecule has 36 heavy (non-hydrogen) atoms. The molecule has 0 atom stereocenters. The van der Waals surface area contributed by atoms with Crippen LogP contribution in [-0.4, -0.2) is 13.7 Å². The van der Waals surface area contributed by atoms with Crippen LogP contribution >= 0.6 is 0 Å². The van der Waals surface area contributed by atoms with Crippen molar-refractivity contribution in [3.63, 3.8) is 0 Å². The predicted molar refractivity (Wildman–Crippen MR) is 138 cm³/mol. The highest BCUT2D eigenvalue weighted by Gasteiger charge is 2.28. The zero-order valence-electron chi connectivity index (χ0n) is 21.8. The van der Waals surface area contributed by atoms with Crippen LogP contribution in [0, 0.1) is 29.3 Å². The van der Waals surface area contributed by atoms with Crippen molar-refractivity contribution in [2.24, 2.45) is 11.8 Å². The summed E-state index contributed by atoms with van der Waals surface area (Å²) in [6.45, 7) is 2.58. The Bertz CT molecular complexity index is 976. The van der Waals surface area contributed by atoms with Crippen LogP contribution in [0.15, 0.2) is 30.3 Å². The number of halogens is 3. The van der Waals surface area contributed by atoms with Crippen LogP contribution in [0.1, 0.15) is 107 Å². The molecule has 4 rings (SSSR count). The average molecular weight is 503 g/mol. The Morgan fingerprint density at radius 3 is 2.03 bits per heavy atom. The summed E-state index contributed by atoms with van der Waals surface area (Å²) in [7, 11) is 1.53. The summed E-state index contributed by atoms with van der Waals surface area (Å²) in [6.07, 6.45) is 12.6. The Morgan fingerprint density at radius 1 is 0.750 bits per heavy atom. The van der Waals surface area contributed by atoms with Gasteiger partial charge in [0.2, 0.25) is 5.82 Å². The standard InChI is InChI=1S/C31H41F3O2/c1-3-4-5-6-21-7-11-24(12-8-21)27-17-18-29(31(34)30(27)33)36-20-22-9-13-23(14-10-22)26-16-15-25(35-2)19-28(26)32/h15-19,21-24H,3-14,20H2,1-2H3. The van der Waals surface area contributed by atoms with Gasteiger partial charge in [-0.3, -0.25) is 0 Å². The van der Waals surface area contributed by atoms with Gasteiger partial charge < -0.3 is 9.47 Å². The fraction of sp³-hybridized carbons (Fsp3) is 0.613. The molecule has 198 valence electrons. The minimum Gasteiger partial charge on any atom is -0.497 e. The molecular weight excluding hydrogens is 461 g/mol. The van der Waals surface area contributed by atoms with E-state index in [-0.39, 0.29) is 29.3 Å². The van der Waals surface area contributed by atoms with Crippen LogP contribution < -0.4 is 9.47 Å². The molecule has 0 saturated heterocycles. The first-order valence-electron chi connectivity index (χ1n) is 13.9. The van der Waals surface area contributed by atoms with E-state index in [4.69, 9.17) is 9.47 Å². The molecule has 0 N–H and O–H groups in total. The van der Waals surface area contributed by atoms with Crippen LogP contribution in [-0.2, 0) is 0 Å². The monoisotopic (exact) mass is 502 g/mol. The third-order valence-corrected chi connectivity index (χ3v) is 8.55. The molecule has 2 aliphatic rings. The Morgan fingerprint density at radius 2 is 1.39 bits per heavy atom. The zero-order chi connectivity index (χ0) is 25.5. The van der Waals surface area contributed by atoms with Crippen LogP contribution in [0.25, 0.3) is 0 Å². The van der Waals surface area contributed by atoms with E-state index >= 15 is 0 Å². The van der Waals surface area contributed by atoms with Gasteiger partial charge in [0.25, 0.3) is 0 Å². The highest BCUT2D eigenvalue weighted by atomic mass is 19.2. The van der Waals surface area contributed by atoms with Crippen molar-refractivity contribution >= 4 is 0 Å². The van der Waals surface area contributed by atoms with Gasteiger partial charge in [0, 0.05) is 6.07 Å². The van der Waals surface area contributed by atoms with E-state index in [9.17, 15) is 13.2 Å². The van der Waals surface area contributed by atoms with E-state index in [1.165, 1.54) is 38.9 Å². The maximum Gasteiger partial charge on any atom is 0.200 e. The average Bonchev–Trinajstić information content (AvgIpc) is 2.90. The van der Waals surface area contributed by atoms with E-state index in [1.54, 1.807) is 18.2 Å². The quantitative estimate of drug-likeness (QED) is 0.301. The maximum absolute atomic E-state index is 15.0. The van der Waals surface area contributed by atoms with Crippen molar-refractivity contribution in [3.8, 4) is 11.5 Å². The number of hydrogen-bond donors (Lipinski definition) is 0. The smallest absolute Gasteiger partial charge is 0.200 e. The first kappa shape index (κ1) is 26.9. The van der Waals surface area contributed by atoms with Gasteiger partial charge in [-0.2, -0.15) is 4.39 Å². The molecule has 2 fully saturated rings. The lowest BCUT2D eigenvalue weighted by molar-refractivity contribution is 0.191. The fourth-order valence-electron chi connectivity index (χ4n) is 6.23. The lowest BCUT2D eigenvalue weighted by Gasteiger charge is -2.30. The molecular formula is C31H41F3O2. The molecule has 0 aromatic heterocycles. The second-order valence-corrected chi connectivity index (χ2v) is 10.9. The lowest BCUT2D eigenvalue weighted by atomic mass is 9.77. The number of benzene rings is 2. The summed E-state index contributed by atoms with van der Waals surface area (Å²) >= 11 is 0. The van der Waals surface area contributed by atoms with Crippen molar-refractivity contribution in [1.29, 1.82) is 0 Å². The van der Waals surface area contributed by atoms with E-state index in [2.05, 4.69) is 6.92 Å². The third kappa shape index (κ3) is 6.58. The summed E-state index contributed by atoms with van der Waals surface area (Å²) in [4.78, 5) is 0. The minimum absolute atomic E-state index is 0.00724. The molecule has 2 nitrogen and oxygen atoms in total. The molecule has 0 amide bonds. The summed E-state index contributed by atoms with van der Waals surface area (Å²) < 4.78 is 55.2. The van der Waals surface area contributed by atoms with Crippen LogP contribution in [0.3, 0.4) is 0 Å². The summed E-state index contributed by atoms with van der Waals surface area (Å²) in [5.41, 5.74) is 1.24. The number of hydrogen-bond acceptors (Lipinski definition) is 2. The maximum atomic E-state index is 15.0. The predicted octanol–water partition coefficient (Wildman–Crippen LogP) is 9.32. The molecule has 2 saturated carbocycles. The largest absolute Gasteiger partial charge is 0.497 e. The highest BCUT2D eigenvalue weighted by molar-refractivity contribution is 5.34. The Balaban J connectivity index is 1.26. The highest BCUT2D eigenvalue weighted by Crippen LogP contribution is 2.41. The van der Waals surface area contributed by atoms with E-state index in [1.807, 2.05) is 6.07 Å². The lowest BCUT2D eigenvalue weighted by Crippen LogP contribution is -2.20. The zero-order valence-corrected chi connectivity index (χ0v) is 21.8. The summed E-state index contributed by atoms with van der Waals surface area (Å²) in [6, 6.07) is 8.39. The molecule has 2 aromatic rings. The minimum atomic E-state index is -0.855. The molecule has 0 bridgehead atoms. The molecule has 2 aromatic carbocycles. The van der Waals surface area contributed by atoms with Crippen molar-refractivity contribution in [1.82, 2.24) is 0 Å². The third-order valence-electron chi connectivity index (χ3n) is 8.55. The summed E-state index contributed by atoms with van der Waals surface area (Å²) in [5, 5.41) is 0. The van der Waals surface area contributed by atoms with E-state index < -0.39 is 11.6 Å². The number of unbranched alkanes of at least 4 members (excludes halogenated alkanes) is 2. The number of ether oxygens (including phenoxy) is 2. The molecule has 0 heterocycles. The Kier molecular flexibility index (Phi) is 9.61. The second kappa shape index (κ2) is 12.9. The van der Waals surface area contributed by atoms with Crippen LogP contribution in [0.5, 0.6) is 11.5 Å². The van der Waals surface area contributed by atoms with Crippen molar-refractivity contribution in [2.45, 2.75) is 95.8 Å². The van der Waals surface area contributed by atoms with Gasteiger partial charge in [0.1, 0.15) is 11.6 Å². The summed E-state index contributed by atoms with van der Waals surface area (Å²) in [5.74, 6) is -0.0235. The molecule has 0 radical (unpaired) electrons. The molecule has 5 heteroatoms. The Labute approximate surface area is 214 Å². The molecule has 0 aliphatic heterocycles. The SMILES string of the molecule is CCCCCC1CCC(c2ccc(OCC3CCC(c4ccc(OC)cc4F)CC3)c(F)c2F)CC1. The molecule has 2 aliphatic carbocycles. The van der Waals surface area contributed by atoms with Gasteiger partial charge in [0.05, 0.1) is 13.7 Å². The number of rotatable bonds is 10.